The van der Waals surface area contributed by atoms with Gasteiger partial charge in [0.05, 0.1) is 35.0 Å². The summed E-state index contributed by atoms with van der Waals surface area (Å²) in [6.07, 6.45) is 3.50. The fraction of sp³-hybridized carbons (Fsp3) is 0.259. The Bertz CT molecular complexity index is 1410. The molecular formula is C27H27N7O. The van der Waals surface area contributed by atoms with Crippen LogP contribution in [-0.2, 0) is 6.42 Å². The maximum Gasteiger partial charge on any atom is 0.327 e. The van der Waals surface area contributed by atoms with Crippen LogP contribution in [0, 0.1) is 6.92 Å². The molecule has 0 radical (unpaired) electrons. The van der Waals surface area contributed by atoms with Crippen LogP contribution in [0.1, 0.15) is 24.6 Å². The molecule has 2 aromatic carbocycles. The van der Waals surface area contributed by atoms with Gasteiger partial charge in [-0.15, -0.1) is 5.10 Å². The summed E-state index contributed by atoms with van der Waals surface area (Å²) in [5, 5.41) is 11.3. The molecular weight excluding hydrogens is 438 g/mol. The SMILES string of the molecule is CCc1cnnn1-c1cccc(NC(=O)N2c3nc(-c4cccc(C)c4)ccc3N3CC[C@H]2C3)c1. The largest absolute Gasteiger partial charge is 0.366 e. The number of aryl methyl sites for hydroxylation is 2. The maximum atomic E-state index is 13.7. The lowest BCUT2D eigenvalue weighted by atomic mass is 10.1. The van der Waals surface area contributed by atoms with Gasteiger partial charge in [0.2, 0.25) is 0 Å². The molecule has 0 spiro atoms. The number of hydrogen-bond donors (Lipinski definition) is 1. The van der Waals surface area contributed by atoms with Crippen LogP contribution in [-0.4, -0.2) is 45.1 Å². The number of rotatable bonds is 4. The number of benzene rings is 2. The van der Waals surface area contributed by atoms with Gasteiger partial charge >= 0.3 is 6.03 Å². The summed E-state index contributed by atoms with van der Waals surface area (Å²) in [7, 11) is 0. The van der Waals surface area contributed by atoms with Gasteiger partial charge in [-0.05, 0) is 56.2 Å². The van der Waals surface area contributed by atoms with Crippen molar-refractivity contribution in [2.45, 2.75) is 32.7 Å². The third-order valence-electron chi connectivity index (χ3n) is 6.81. The Morgan fingerprint density at radius 3 is 2.86 bits per heavy atom. The molecule has 8 nitrogen and oxygen atoms in total. The third-order valence-corrected chi connectivity index (χ3v) is 6.81. The zero-order chi connectivity index (χ0) is 23.9. The van der Waals surface area contributed by atoms with Gasteiger partial charge in [-0.1, -0.05) is 42.0 Å². The van der Waals surface area contributed by atoms with Gasteiger partial charge in [-0.3, -0.25) is 4.90 Å². The number of pyridine rings is 1. The summed E-state index contributed by atoms with van der Waals surface area (Å²) in [5.41, 5.74) is 6.69. The second kappa shape index (κ2) is 8.54. The van der Waals surface area contributed by atoms with E-state index in [4.69, 9.17) is 4.98 Å². The van der Waals surface area contributed by atoms with Gasteiger partial charge in [-0.2, -0.15) is 0 Å². The van der Waals surface area contributed by atoms with E-state index < -0.39 is 0 Å². The molecule has 8 heteroatoms. The summed E-state index contributed by atoms with van der Waals surface area (Å²) in [6, 6.07) is 20.1. The molecule has 1 saturated heterocycles. The number of aromatic nitrogens is 4. The molecule has 1 N–H and O–H groups in total. The van der Waals surface area contributed by atoms with Gasteiger partial charge in [-0.25, -0.2) is 14.5 Å². The highest BCUT2D eigenvalue weighted by Crippen LogP contribution is 2.40. The summed E-state index contributed by atoms with van der Waals surface area (Å²) in [4.78, 5) is 22.8. The van der Waals surface area contributed by atoms with E-state index in [-0.39, 0.29) is 12.1 Å². The predicted octanol–water partition coefficient (Wildman–Crippen LogP) is 4.83. The second-order valence-electron chi connectivity index (χ2n) is 9.14. The highest BCUT2D eigenvalue weighted by Gasteiger charge is 2.40. The van der Waals surface area contributed by atoms with E-state index in [9.17, 15) is 4.79 Å². The molecule has 4 aromatic rings. The van der Waals surface area contributed by atoms with E-state index in [1.54, 1.807) is 10.9 Å². The number of carbonyl (C=O) groups is 1. The van der Waals surface area contributed by atoms with Crippen LogP contribution < -0.4 is 15.1 Å². The van der Waals surface area contributed by atoms with Gasteiger partial charge in [0, 0.05) is 24.3 Å². The third kappa shape index (κ3) is 3.80. The average molecular weight is 466 g/mol. The van der Waals surface area contributed by atoms with Crippen LogP contribution in [0.25, 0.3) is 16.9 Å². The lowest BCUT2D eigenvalue weighted by molar-refractivity contribution is 0.255. The highest BCUT2D eigenvalue weighted by molar-refractivity contribution is 6.05. The first kappa shape index (κ1) is 21.3. The number of carbonyl (C=O) groups excluding carboxylic acids is 1. The fourth-order valence-electron chi connectivity index (χ4n) is 5.05. The number of hydrogen-bond acceptors (Lipinski definition) is 5. The molecule has 4 heterocycles. The van der Waals surface area contributed by atoms with Crippen molar-refractivity contribution in [2.75, 3.05) is 28.2 Å². The lowest BCUT2D eigenvalue weighted by Gasteiger charge is -2.36. The second-order valence-corrected chi connectivity index (χ2v) is 9.14. The highest BCUT2D eigenvalue weighted by atomic mass is 16.2. The molecule has 2 bridgehead atoms. The number of nitrogens with one attached hydrogen (secondary N) is 1. The first-order valence-electron chi connectivity index (χ1n) is 12.0. The summed E-state index contributed by atoms with van der Waals surface area (Å²) in [6.45, 7) is 5.89. The number of fused-ring (bicyclic) bond motifs is 4. The van der Waals surface area contributed by atoms with Crippen LogP contribution >= 0.6 is 0 Å². The number of nitrogens with zero attached hydrogens (tertiary/aromatic N) is 6. The average Bonchev–Trinajstić information content (AvgIpc) is 3.52. The molecule has 6 rings (SSSR count). The smallest absolute Gasteiger partial charge is 0.327 e. The Morgan fingerprint density at radius 1 is 1.11 bits per heavy atom. The Morgan fingerprint density at radius 2 is 2.00 bits per heavy atom. The van der Waals surface area contributed by atoms with E-state index in [1.807, 2.05) is 35.2 Å². The van der Waals surface area contributed by atoms with Crippen molar-refractivity contribution in [1.82, 2.24) is 20.0 Å². The van der Waals surface area contributed by atoms with E-state index in [2.05, 4.69) is 64.7 Å². The zero-order valence-electron chi connectivity index (χ0n) is 19.8. The number of urea groups is 1. The molecule has 1 fully saturated rings. The topological polar surface area (TPSA) is 79.2 Å². The molecule has 2 aliphatic heterocycles. The predicted molar refractivity (Wildman–Crippen MR) is 137 cm³/mol. The van der Waals surface area contributed by atoms with Crippen LogP contribution in [0.15, 0.2) is 66.9 Å². The molecule has 1 atom stereocenters. The quantitative estimate of drug-likeness (QED) is 0.467. The van der Waals surface area contributed by atoms with Gasteiger partial charge in [0.15, 0.2) is 5.82 Å². The van der Waals surface area contributed by atoms with Crippen molar-refractivity contribution < 1.29 is 4.79 Å². The summed E-state index contributed by atoms with van der Waals surface area (Å²) < 4.78 is 1.80. The molecule has 0 saturated carbocycles. The minimum Gasteiger partial charge on any atom is -0.366 e. The van der Waals surface area contributed by atoms with Gasteiger partial charge < -0.3 is 10.2 Å². The van der Waals surface area contributed by atoms with Gasteiger partial charge in [0.25, 0.3) is 0 Å². The number of anilines is 3. The Labute approximate surface area is 204 Å². The normalized spacial score (nSPS) is 16.3. The zero-order valence-corrected chi connectivity index (χ0v) is 19.8. The Balaban J connectivity index is 1.33. The maximum absolute atomic E-state index is 13.7. The van der Waals surface area contributed by atoms with Crippen molar-refractivity contribution >= 4 is 23.2 Å². The first-order valence-corrected chi connectivity index (χ1v) is 12.0. The molecule has 0 unspecified atom stereocenters. The van der Waals surface area contributed by atoms with E-state index >= 15 is 0 Å². The molecule has 2 aromatic heterocycles. The van der Waals surface area contributed by atoms with Crippen molar-refractivity contribution in [3.8, 4) is 16.9 Å². The molecule has 2 amide bonds. The van der Waals surface area contributed by atoms with Crippen LogP contribution in [0.4, 0.5) is 22.0 Å². The van der Waals surface area contributed by atoms with Crippen molar-refractivity contribution in [2.24, 2.45) is 0 Å². The van der Waals surface area contributed by atoms with Crippen LogP contribution in [0.5, 0.6) is 0 Å². The molecule has 176 valence electrons. The van der Waals surface area contributed by atoms with Crippen molar-refractivity contribution in [3.05, 3.63) is 78.1 Å². The fourth-order valence-corrected chi connectivity index (χ4v) is 5.05. The van der Waals surface area contributed by atoms with Crippen molar-refractivity contribution in [1.29, 1.82) is 0 Å². The standard InChI is InChI=1S/C27H27N7O/c1-3-21-16-28-31-34(21)22-9-5-8-20(15-22)29-27(35)33-23-12-13-32(17-23)25-11-10-24(30-26(25)33)19-7-4-6-18(2)14-19/h4-11,14-16,23H,3,12-13,17H2,1-2H3,(H,29,35)/t23-/m0/s1. The van der Waals surface area contributed by atoms with Crippen LogP contribution in [0.3, 0.4) is 0 Å². The lowest BCUT2D eigenvalue weighted by Crippen LogP contribution is -2.48. The monoisotopic (exact) mass is 465 g/mol. The summed E-state index contributed by atoms with van der Waals surface area (Å²) in [5.74, 6) is 0.718. The Hall–Kier alpha value is -4.20. The van der Waals surface area contributed by atoms with E-state index in [1.165, 1.54) is 5.56 Å². The van der Waals surface area contributed by atoms with Crippen molar-refractivity contribution in [3.63, 3.8) is 0 Å². The summed E-state index contributed by atoms with van der Waals surface area (Å²) >= 11 is 0. The number of amides is 2. The Kier molecular flexibility index (Phi) is 5.21. The van der Waals surface area contributed by atoms with E-state index in [0.29, 0.717) is 5.69 Å². The van der Waals surface area contributed by atoms with Crippen LogP contribution in [0.2, 0.25) is 0 Å². The molecule has 2 aliphatic rings. The van der Waals surface area contributed by atoms with E-state index in [0.717, 1.165) is 60.1 Å². The van der Waals surface area contributed by atoms with Gasteiger partial charge in [0.1, 0.15) is 0 Å². The molecule has 0 aliphatic carbocycles. The minimum atomic E-state index is -0.168. The first-order chi connectivity index (χ1) is 17.1. The molecule has 35 heavy (non-hydrogen) atoms. The minimum absolute atomic E-state index is 0.0907.